The zero-order valence-corrected chi connectivity index (χ0v) is 11.2. The third-order valence-electron chi connectivity index (χ3n) is 2.40. The van der Waals surface area contributed by atoms with E-state index in [0.29, 0.717) is 17.9 Å². The van der Waals surface area contributed by atoms with E-state index in [4.69, 9.17) is 5.73 Å². The maximum absolute atomic E-state index is 11.6. The van der Waals surface area contributed by atoms with Crippen LogP contribution in [-0.2, 0) is 10.2 Å². The van der Waals surface area contributed by atoms with Gasteiger partial charge in [-0.1, -0.05) is 13.0 Å². The van der Waals surface area contributed by atoms with Crippen molar-refractivity contribution in [3.63, 3.8) is 0 Å². The fourth-order valence-corrected chi connectivity index (χ4v) is 2.45. The summed E-state index contributed by atoms with van der Waals surface area (Å²) in [5.74, 6) is 0. The molecule has 5 nitrogen and oxygen atoms in total. The van der Waals surface area contributed by atoms with Crippen LogP contribution >= 0.6 is 0 Å². The summed E-state index contributed by atoms with van der Waals surface area (Å²) in [5, 5.41) is 0. The Bertz CT molecular complexity index is 498. The Kier molecular flexibility index (Phi) is 4.36. The first kappa shape index (κ1) is 13.8. The van der Waals surface area contributed by atoms with Gasteiger partial charge in [-0.2, -0.15) is 13.1 Å². The highest BCUT2D eigenvalue weighted by Crippen LogP contribution is 2.22. The van der Waals surface area contributed by atoms with Crippen molar-refractivity contribution in [1.82, 2.24) is 4.72 Å². The number of anilines is 2. The standard InChI is InChI=1S/C11H19N3O2S/c1-4-5-13-17(15,16)14-11-7-10(12)8(2)6-9(11)3/h6-7,13-14H,4-5,12H2,1-3H3. The zero-order valence-electron chi connectivity index (χ0n) is 10.4. The van der Waals surface area contributed by atoms with Crippen molar-refractivity contribution in [2.75, 3.05) is 17.0 Å². The number of aryl methyl sites for hydroxylation is 2. The zero-order chi connectivity index (χ0) is 13.1. The van der Waals surface area contributed by atoms with Crippen LogP contribution in [0.25, 0.3) is 0 Å². The number of nitrogens with one attached hydrogen (secondary N) is 2. The van der Waals surface area contributed by atoms with Gasteiger partial charge in [-0.25, -0.2) is 0 Å². The molecule has 4 N–H and O–H groups in total. The van der Waals surface area contributed by atoms with E-state index in [9.17, 15) is 8.42 Å². The summed E-state index contributed by atoms with van der Waals surface area (Å²) < 4.78 is 28.2. The minimum Gasteiger partial charge on any atom is -0.398 e. The molecule has 96 valence electrons. The fraction of sp³-hybridized carbons (Fsp3) is 0.455. The lowest BCUT2D eigenvalue weighted by Gasteiger charge is -2.13. The molecule has 0 radical (unpaired) electrons. The quantitative estimate of drug-likeness (QED) is 0.700. The molecule has 0 spiro atoms. The molecule has 6 heteroatoms. The van der Waals surface area contributed by atoms with Crippen LogP contribution in [0.2, 0.25) is 0 Å². The summed E-state index contributed by atoms with van der Waals surface area (Å²) in [6.45, 7) is 6.04. The van der Waals surface area contributed by atoms with Gasteiger partial charge in [0.2, 0.25) is 0 Å². The highest BCUT2D eigenvalue weighted by atomic mass is 32.2. The van der Waals surface area contributed by atoms with Gasteiger partial charge in [-0.15, -0.1) is 0 Å². The maximum atomic E-state index is 11.6. The van der Waals surface area contributed by atoms with E-state index in [1.807, 2.05) is 26.8 Å². The van der Waals surface area contributed by atoms with Gasteiger partial charge in [0, 0.05) is 12.2 Å². The molecule has 1 aromatic rings. The van der Waals surface area contributed by atoms with Gasteiger partial charge in [-0.3, -0.25) is 4.72 Å². The summed E-state index contributed by atoms with van der Waals surface area (Å²) in [4.78, 5) is 0. The van der Waals surface area contributed by atoms with Crippen LogP contribution in [0.15, 0.2) is 12.1 Å². The Labute approximate surface area is 103 Å². The largest absolute Gasteiger partial charge is 0.398 e. The molecule has 0 saturated heterocycles. The van der Waals surface area contributed by atoms with Crippen LogP contribution in [0.1, 0.15) is 24.5 Å². The molecule has 0 aliphatic carbocycles. The van der Waals surface area contributed by atoms with Crippen LogP contribution in [0.4, 0.5) is 11.4 Å². The first-order valence-electron chi connectivity index (χ1n) is 5.50. The number of nitrogens with two attached hydrogens (primary N) is 1. The number of hydrogen-bond donors (Lipinski definition) is 3. The smallest absolute Gasteiger partial charge is 0.299 e. The van der Waals surface area contributed by atoms with Crippen molar-refractivity contribution >= 4 is 21.6 Å². The topological polar surface area (TPSA) is 84.2 Å². The number of hydrogen-bond acceptors (Lipinski definition) is 3. The monoisotopic (exact) mass is 257 g/mol. The van der Waals surface area contributed by atoms with Gasteiger partial charge < -0.3 is 5.73 Å². The summed E-state index contributed by atoms with van der Waals surface area (Å²) >= 11 is 0. The van der Waals surface area contributed by atoms with Crippen molar-refractivity contribution in [2.24, 2.45) is 0 Å². The summed E-state index contributed by atoms with van der Waals surface area (Å²) in [5.41, 5.74) is 8.62. The first-order valence-corrected chi connectivity index (χ1v) is 6.98. The molecule has 0 amide bonds. The van der Waals surface area contributed by atoms with E-state index in [2.05, 4.69) is 9.44 Å². The molecule has 1 rings (SSSR count). The predicted molar refractivity (Wildman–Crippen MR) is 71.2 cm³/mol. The molecule has 0 bridgehead atoms. The van der Waals surface area contributed by atoms with Gasteiger partial charge in [0.25, 0.3) is 10.2 Å². The molecule has 0 heterocycles. The van der Waals surface area contributed by atoms with E-state index >= 15 is 0 Å². The lowest BCUT2D eigenvalue weighted by Crippen LogP contribution is -2.30. The summed E-state index contributed by atoms with van der Waals surface area (Å²) in [6, 6.07) is 3.49. The molecule has 0 aliphatic heterocycles. The second kappa shape index (κ2) is 5.37. The molecule has 17 heavy (non-hydrogen) atoms. The Hall–Kier alpha value is -1.27. The molecule has 0 atom stereocenters. The third kappa shape index (κ3) is 3.90. The second-order valence-electron chi connectivity index (χ2n) is 4.02. The van der Waals surface area contributed by atoms with E-state index in [1.54, 1.807) is 6.07 Å². The Morgan fingerprint density at radius 3 is 2.47 bits per heavy atom. The minimum absolute atomic E-state index is 0.412. The Morgan fingerprint density at radius 2 is 1.88 bits per heavy atom. The van der Waals surface area contributed by atoms with Crippen LogP contribution in [0.5, 0.6) is 0 Å². The van der Waals surface area contributed by atoms with Crippen molar-refractivity contribution in [3.05, 3.63) is 23.3 Å². The molecule has 0 aliphatic rings. The number of rotatable bonds is 5. The Balaban J connectivity index is 2.92. The van der Waals surface area contributed by atoms with Crippen molar-refractivity contribution < 1.29 is 8.42 Å². The molecule has 0 unspecified atom stereocenters. The number of nitrogen functional groups attached to an aromatic ring is 1. The predicted octanol–water partition coefficient (Wildman–Crippen LogP) is 1.54. The van der Waals surface area contributed by atoms with E-state index in [-0.39, 0.29) is 0 Å². The highest BCUT2D eigenvalue weighted by molar-refractivity contribution is 7.90. The normalized spacial score (nSPS) is 11.5. The van der Waals surface area contributed by atoms with Crippen LogP contribution in [0, 0.1) is 13.8 Å². The SMILES string of the molecule is CCCNS(=O)(=O)Nc1cc(N)c(C)cc1C. The van der Waals surface area contributed by atoms with Gasteiger partial charge in [0.15, 0.2) is 0 Å². The molecule has 0 aromatic heterocycles. The maximum Gasteiger partial charge on any atom is 0.299 e. The van der Waals surface area contributed by atoms with E-state index < -0.39 is 10.2 Å². The summed E-state index contributed by atoms with van der Waals surface area (Å²) in [7, 11) is -3.50. The average molecular weight is 257 g/mol. The van der Waals surface area contributed by atoms with Gasteiger partial charge in [-0.05, 0) is 37.5 Å². The van der Waals surface area contributed by atoms with Gasteiger partial charge in [0.1, 0.15) is 0 Å². The number of benzene rings is 1. The van der Waals surface area contributed by atoms with Crippen molar-refractivity contribution in [2.45, 2.75) is 27.2 Å². The molecular formula is C11H19N3O2S. The van der Waals surface area contributed by atoms with Crippen LogP contribution in [0.3, 0.4) is 0 Å². The Morgan fingerprint density at radius 1 is 1.24 bits per heavy atom. The van der Waals surface area contributed by atoms with Gasteiger partial charge in [0.05, 0.1) is 5.69 Å². The van der Waals surface area contributed by atoms with Crippen molar-refractivity contribution in [3.8, 4) is 0 Å². The summed E-state index contributed by atoms with van der Waals surface area (Å²) in [6.07, 6.45) is 0.746. The lowest BCUT2D eigenvalue weighted by atomic mass is 10.1. The molecule has 0 saturated carbocycles. The van der Waals surface area contributed by atoms with Crippen molar-refractivity contribution in [1.29, 1.82) is 0 Å². The average Bonchev–Trinajstić information content (AvgIpc) is 2.23. The first-order chi connectivity index (χ1) is 7.85. The minimum atomic E-state index is -3.50. The molecular weight excluding hydrogens is 238 g/mol. The van der Waals surface area contributed by atoms with Gasteiger partial charge >= 0.3 is 0 Å². The third-order valence-corrected chi connectivity index (χ3v) is 3.47. The molecule has 1 aromatic carbocycles. The lowest BCUT2D eigenvalue weighted by molar-refractivity contribution is 0.586. The fourth-order valence-electron chi connectivity index (χ4n) is 1.40. The van der Waals surface area contributed by atoms with Crippen LogP contribution in [-0.4, -0.2) is 15.0 Å². The second-order valence-corrected chi connectivity index (χ2v) is 5.52. The van der Waals surface area contributed by atoms with Crippen LogP contribution < -0.4 is 15.2 Å². The van der Waals surface area contributed by atoms with E-state index in [1.165, 1.54) is 0 Å². The highest BCUT2D eigenvalue weighted by Gasteiger charge is 2.11. The molecule has 0 fully saturated rings. The van der Waals surface area contributed by atoms with E-state index in [0.717, 1.165) is 17.5 Å².